The summed E-state index contributed by atoms with van der Waals surface area (Å²) < 4.78 is 114. The number of nitrogens with zero attached hydrogens (tertiary/aromatic N) is 3. The lowest BCUT2D eigenvalue weighted by Crippen LogP contribution is -2.00. The fourth-order valence-corrected chi connectivity index (χ4v) is 12.3. The van der Waals surface area contributed by atoms with Gasteiger partial charge in [-0.05, 0) is 164 Å². The summed E-state index contributed by atoms with van der Waals surface area (Å²) in [5, 5.41) is 20.2. The van der Waals surface area contributed by atoms with Gasteiger partial charge in [-0.15, -0.1) is 0 Å². The number of aromatic nitrogens is 4. The van der Waals surface area contributed by atoms with Crippen molar-refractivity contribution in [3.63, 3.8) is 0 Å². The number of fused-ring (bicyclic) bond motifs is 2. The number of rotatable bonds is 14. The van der Waals surface area contributed by atoms with Gasteiger partial charge in [-0.25, -0.2) is 0 Å². The van der Waals surface area contributed by atoms with E-state index in [1.54, 1.807) is 30.3 Å². The third kappa shape index (κ3) is 15.0. The molecule has 14 rings (SSSR count). The number of aromatic amines is 1. The van der Waals surface area contributed by atoms with E-state index in [-0.39, 0.29) is 29.4 Å². The molecule has 0 aliphatic heterocycles. The van der Waals surface area contributed by atoms with E-state index in [0.29, 0.717) is 105 Å². The molecule has 0 saturated heterocycles. The van der Waals surface area contributed by atoms with Crippen molar-refractivity contribution in [3.8, 4) is 34.0 Å². The summed E-state index contributed by atoms with van der Waals surface area (Å²) in [5.74, 6) is 5.11. The molecule has 1 N–H and O–H groups in total. The predicted molar refractivity (Wildman–Crippen MR) is 309 cm³/mol. The Morgan fingerprint density at radius 3 is 1.32 bits per heavy atom. The van der Waals surface area contributed by atoms with Crippen LogP contribution in [0.4, 0.5) is 50.4 Å². The monoisotopic (exact) mass is 1340 g/mol. The zero-order valence-electron chi connectivity index (χ0n) is 44.7. The molecule has 4 aromatic heterocycles. The molecule has 0 radical (unpaired) electrons. The first-order valence-electron chi connectivity index (χ1n) is 25.8. The minimum atomic E-state index is -0.212. The largest absolute Gasteiger partial charge is 0.489 e. The van der Waals surface area contributed by atoms with Crippen LogP contribution in [0.1, 0.15) is 125 Å². The standard InChI is InChI=1S/C30H23Cl3N2O3.C29H21Cl3N2O4.5F2.FH/c1-15-20-11-17(7-10-27(20)37-34-15)21-13-22(21)19-9-8-18(12-26(19)33)36-14-23-29(35-38-30(23)16-5-6-16)28-24(31)3-2-4-25(28)32;30-22-2-1-3-23(31)26(22)27-21(28(38-33-27)14-4-5-14)13-36-16-7-8-17(24(32)11-16)19-12-18(19)15-6-9-25-20(10-15)29(35)34-37-25;5*1-2;/h2-4,7-12,16,21-22H,5-6,13-14H2,1H3;1-3,6-11,14,18-19H,4-5,12-13H2,(H,34,35);;;;;;1H. The quantitative estimate of drug-likeness (QED) is 0.105. The SMILES string of the molecule is Cc1noc2ccc(C3CC3c3ccc(OCc4c(-c5c(Cl)cccc5Cl)noc4C4CC4)cc3Cl)cc12.F.FF.FF.FF.FF.FF.O=c1[nH]oc2ccc(C3CC3c3ccc(OCc4c(-c5c(Cl)cccc5Cl)noc4C4CC4)cc3Cl)cc12. The van der Waals surface area contributed by atoms with Crippen LogP contribution in [0.3, 0.4) is 0 Å². The van der Waals surface area contributed by atoms with E-state index < -0.39 is 0 Å². The van der Waals surface area contributed by atoms with Crippen molar-refractivity contribution >= 4 is 91.5 Å². The van der Waals surface area contributed by atoms with Gasteiger partial charge < -0.3 is 27.6 Å². The summed E-state index contributed by atoms with van der Waals surface area (Å²) >= 11 is 39.4. The van der Waals surface area contributed by atoms with Gasteiger partial charge in [0, 0.05) is 84.1 Å². The lowest BCUT2D eigenvalue weighted by Gasteiger charge is -2.11. The average Bonchev–Trinajstić information content (AvgIpc) is 1.97. The van der Waals surface area contributed by atoms with Crippen LogP contribution in [-0.4, -0.2) is 20.6 Å². The lowest BCUT2D eigenvalue weighted by atomic mass is 10.0. The second-order valence-electron chi connectivity index (χ2n) is 20.1. The Labute approximate surface area is 515 Å². The van der Waals surface area contributed by atoms with Crippen molar-refractivity contribution in [1.82, 2.24) is 20.6 Å². The number of benzene rings is 6. The zero-order valence-corrected chi connectivity index (χ0v) is 49.2. The number of H-pyrrole nitrogens is 1. The molecule has 4 saturated carbocycles. The van der Waals surface area contributed by atoms with Crippen LogP contribution in [0.2, 0.25) is 30.1 Å². The maximum Gasteiger partial charge on any atom is 0.287 e. The molecule has 4 aliphatic rings. The number of hydrogen-bond donors (Lipinski definition) is 1. The molecule has 4 unspecified atom stereocenters. The number of ether oxygens (including phenoxy) is 2. The van der Waals surface area contributed by atoms with Gasteiger partial charge in [0.2, 0.25) is 0 Å². The molecule has 0 amide bonds. The van der Waals surface area contributed by atoms with Gasteiger partial charge in [-0.1, -0.05) is 121 Å². The van der Waals surface area contributed by atoms with Crippen LogP contribution < -0.4 is 15.0 Å². The second-order valence-corrected chi connectivity index (χ2v) is 22.6. The van der Waals surface area contributed by atoms with E-state index in [1.807, 2.05) is 67.6 Å². The van der Waals surface area contributed by atoms with Crippen LogP contribution in [0, 0.1) is 6.92 Å². The Morgan fingerprint density at radius 1 is 0.494 bits per heavy atom. The normalized spacial score (nSPS) is 16.7. The highest BCUT2D eigenvalue weighted by Crippen LogP contribution is 2.58. The number of hydrogen-bond acceptors (Lipinski definition) is 10. The van der Waals surface area contributed by atoms with Crippen molar-refractivity contribution in [1.29, 1.82) is 0 Å². The van der Waals surface area contributed by atoms with Crippen LogP contribution in [0.5, 0.6) is 11.5 Å². The lowest BCUT2D eigenvalue weighted by molar-refractivity contribution is 0.108. The van der Waals surface area contributed by atoms with Crippen LogP contribution >= 0.6 is 69.6 Å². The zero-order chi connectivity index (χ0) is 61.9. The number of halogens is 17. The van der Waals surface area contributed by atoms with Gasteiger partial charge in [0.25, 0.3) is 5.56 Å². The molecule has 4 fully saturated rings. The van der Waals surface area contributed by atoms with E-state index in [1.165, 1.54) is 5.56 Å². The molecule has 11 nitrogen and oxygen atoms in total. The molecule has 4 aliphatic carbocycles. The first-order valence-corrected chi connectivity index (χ1v) is 28.1. The Morgan fingerprint density at radius 2 is 0.908 bits per heavy atom. The molecular weight excluding hydrogens is 1300 g/mol. The van der Waals surface area contributed by atoms with Gasteiger partial charge in [-0.3, -0.25) is 9.50 Å². The summed E-state index contributed by atoms with van der Waals surface area (Å²) in [6, 6.07) is 34.6. The average molecular weight is 1340 g/mol. The summed E-state index contributed by atoms with van der Waals surface area (Å²) in [4.78, 5) is 12.0. The first kappa shape index (κ1) is 67.6. The third-order valence-electron chi connectivity index (χ3n) is 15.1. The van der Waals surface area contributed by atoms with E-state index in [2.05, 4.69) is 38.8 Å². The number of nitrogens with one attached hydrogen (secondary N) is 1. The molecule has 4 atom stereocenters. The van der Waals surface area contributed by atoms with Crippen molar-refractivity contribution in [2.24, 2.45) is 0 Å². The van der Waals surface area contributed by atoms with Gasteiger partial charge in [0.1, 0.15) is 47.6 Å². The van der Waals surface area contributed by atoms with Gasteiger partial charge in [0.05, 0.1) is 42.3 Å². The maximum absolute atomic E-state index is 12.0. The van der Waals surface area contributed by atoms with Crippen LogP contribution in [-0.2, 0) is 13.2 Å². The predicted octanol–water partition coefficient (Wildman–Crippen LogP) is 22.3. The summed E-state index contributed by atoms with van der Waals surface area (Å²) in [6.45, 7) is 2.51. The highest BCUT2D eigenvalue weighted by Gasteiger charge is 2.42. The highest BCUT2D eigenvalue weighted by molar-refractivity contribution is 6.40. The molecule has 10 aromatic rings. The summed E-state index contributed by atoms with van der Waals surface area (Å²) in [7, 11) is 0. The van der Waals surface area contributed by atoms with Crippen molar-refractivity contribution < 1.29 is 78.0 Å². The van der Waals surface area contributed by atoms with Crippen molar-refractivity contribution in [3.05, 3.63) is 200 Å². The molecule has 0 spiro atoms. The molecular formula is C59H45Cl6F11N4O7. The summed E-state index contributed by atoms with van der Waals surface area (Å²) in [6.07, 6.45) is 6.29. The van der Waals surface area contributed by atoms with Crippen LogP contribution in [0.15, 0.2) is 132 Å². The van der Waals surface area contributed by atoms with E-state index in [0.717, 1.165) is 94.5 Å². The van der Waals surface area contributed by atoms with E-state index >= 15 is 0 Å². The minimum absolute atomic E-state index is 0. The topological polar surface area (TPSA) is 143 Å². The fraction of sp³-hybridized carbons (Fsp3) is 0.254. The van der Waals surface area contributed by atoms with E-state index in [4.69, 9.17) is 143 Å². The van der Waals surface area contributed by atoms with Gasteiger partial charge in [-0.2, -0.15) is 5.16 Å². The number of aryl methyl sites for hydroxylation is 1. The Kier molecular flexibility index (Phi) is 23.9. The van der Waals surface area contributed by atoms with Gasteiger partial charge >= 0.3 is 0 Å². The summed E-state index contributed by atoms with van der Waals surface area (Å²) in [5.41, 5.74) is 11.0. The molecule has 462 valence electrons. The highest BCUT2D eigenvalue weighted by atomic mass is 35.5. The third-order valence-corrected chi connectivity index (χ3v) is 17.0. The minimum Gasteiger partial charge on any atom is -0.489 e. The molecule has 0 bridgehead atoms. The Balaban J connectivity index is 0.000000216. The smallest absolute Gasteiger partial charge is 0.287 e. The fourth-order valence-electron chi connectivity index (χ4n) is 10.5. The maximum atomic E-state index is 12.0. The molecule has 87 heavy (non-hydrogen) atoms. The van der Waals surface area contributed by atoms with E-state index in [9.17, 15) is 4.79 Å². The molecule has 6 aromatic carbocycles. The van der Waals surface area contributed by atoms with Crippen LogP contribution in [0.25, 0.3) is 44.5 Å². The van der Waals surface area contributed by atoms with Crippen molar-refractivity contribution in [2.45, 2.75) is 94.2 Å². The Hall–Kier alpha value is -6.95. The van der Waals surface area contributed by atoms with Gasteiger partial charge in [0.15, 0.2) is 11.2 Å². The first-order chi connectivity index (χ1) is 41.9. The Bertz CT molecular complexity index is 3950. The van der Waals surface area contributed by atoms with Crippen molar-refractivity contribution in [2.75, 3.05) is 0 Å². The molecule has 28 heteroatoms. The molecule has 4 heterocycles. The second kappa shape index (κ2) is 30.8.